The van der Waals surface area contributed by atoms with Gasteiger partial charge in [0.05, 0.1) is 0 Å². The van der Waals surface area contributed by atoms with Gasteiger partial charge >= 0.3 is 0 Å². The molecule has 2 aromatic heterocycles. The number of nitrogens with zero attached hydrogens (tertiary/aromatic N) is 4. The van der Waals surface area contributed by atoms with Crippen LogP contribution in [0.25, 0.3) is 61.0 Å². The predicted octanol–water partition coefficient (Wildman–Crippen LogP) is 18.8. The van der Waals surface area contributed by atoms with Crippen molar-refractivity contribution >= 4 is 44.6 Å². The van der Waals surface area contributed by atoms with Gasteiger partial charge in [-0.05, 0) is 110 Å². The fourth-order valence-corrected chi connectivity index (χ4v) is 10.4. The van der Waals surface area contributed by atoms with Crippen molar-refractivity contribution < 1.29 is 30.2 Å². The van der Waals surface area contributed by atoms with Gasteiger partial charge in [-0.3, -0.25) is 0 Å². The van der Waals surface area contributed by atoms with Crippen LogP contribution >= 0.6 is 0 Å². The molecule has 0 radical (unpaired) electrons. The Balaban J connectivity index is 0.00000626. The van der Waals surface area contributed by atoms with Crippen LogP contribution in [0.1, 0.15) is 102 Å². The van der Waals surface area contributed by atoms with Crippen molar-refractivity contribution in [3.8, 4) is 50.7 Å². The molecule has 0 spiro atoms. The number of pyridine rings is 1. The van der Waals surface area contributed by atoms with E-state index in [0.29, 0.717) is 17.4 Å². The van der Waals surface area contributed by atoms with E-state index in [0.717, 1.165) is 78.2 Å². The molecule has 1 aliphatic heterocycles. The second-order valence-corrected chi connectivity index (χ2v) is 21.3. The maximum atomic E-state index is 14.5. The van der Waals surface area contributed by atoms with Crippen molar-refractivity contribution in [3.05, 3.63) is 223 Å². The molecule has 0 unspecified atom stereocenters. The van der Waals surface area contributed by atoms with Crippen molar-refractivity contribution in [1.29, 1.82) is 0 Å². The number of aromatic nitrogens is 2. The molecule has 74 heavy (non-hydrogen) atoms. The molecule has 0 fully saturated rings. The molecule has 1 aliphatic rings. The molecule has 0 amide bonds. The fourth-order valence-electron chi connectivity index (χ4n) is 10.4. The van der Waals surface area contributed by atoms with E-state index in [-0.39, 0.29) is 44.1 Å². The largest absolute Gasteiger partial charge is 0.509 e. The number of hydrogen-bond acceptors (Lipinski definition) is 4. The van der Waals surface area contributed by atoms with Crippen molar-refractivity contribution in [2.75, 3.05) is 9.80 Å². The minimum absolute atomic E-state index is 0. The molecule has 0 atom stereocenters. The first-order valence-corrected chi connectivity index (χ1v) is 25.5. The average Bonchev–Trinajstić information content (AvgIpc) is 3.94. The monoisotopic (exact) mass is 1150 g/mol. The molecule has 0 N–H and O–H groups in total. The Kier molecular flexibility index (Phi) is 13.7. The summed E-state index contributed by atoms with van der Waals surface area (Å²) >= 11 is 0. The Labute approximate surface area is 450 Å². The van der Waals surface area contributed by atoms with Crippen LogP contribution in [0.3, 0.4) is 0 Å². The van der Waals surface area contributed by atoms with Gasteiger partial charge in [0.25, 0.3) is 0 Å². The summed E-state index contributed by atoms with van der Waals surface area (Å²) < 4.78 is 23.8. The Morgan fingerprint density at radius 3 is 1.86 bits per heavy atom. The zero-order valence-corrected chi connectivity index (χ0v) is 45.7. The Morgan fingerprint density at radius 1 is 0.568 bits per heavy atom. The molecule has 374 valence electrons. The van der Waals surface area contributed by atoms with Gasteiger partial charge in [-0.25, -0.2) is 9.37 Å². The summed E-state index contributed by atoms with van der Waals surface area (Å²) in [5, 5.41) is 2.19. The van der Waals surface area contributed by atoms with Crippen LogP contribution < -0.4 is 14.5 Å². The van der Waals surface area contributed by atoms with Crippen molar-refractivity contribution in [3.63, 3.8) is 0 Å². The molecule has 0 bridgehead atoms. The first-order chi connectivity index (χ1) is 35.2. The van der Waals surface area contributed by atoms with Gasteiger partial charge in [0.2, 0.25) is 0 Å². The number of halogens is 1. The standard InChI is InChI=1S/C67H60FN4O.Pt/c1-42(2)47-36-58(43(3)4)65(59(37-47)44(5)6)48-34-51(39-53(35-48)73-52-30-31-57-56-20-13-14-23-60(56)72(63(57)40-52)64-38-49(32-33-69-64)67(7,8)9)70-41-71(62-25-16-15-24-61(62)70)66-54(45-18-11-10-12-19-45)21-17-22-55(66)46-26-28-50(68)29-27-46;/h10-38,41-44H,1-9H3;/q-3;. The van der Waals surface area contributed by atoms with Crippen LogP contribution in [0.15, 0.2) is 176 Å². The number of ether oxygens (including phenoxy) is 1. The number of benzene rings is 8. The van der Waals surface area contributed by atoms with Gasteiger partial charge in [-0.15, -0.1) is 53.6 Å². The van der Waals surface area contributed by atoms with Crippen LogP contribution in [-0.2, 0) is 26.5 Å². The van der Waals surface area contributed by atoms with Gasteiger partial charge in [0.15, 0.2) is 0 Å². The third-order valence-corrected chi connectivity index (χ3v) is 14.3. The molecular weight excluding hydrogens is 1090 g/mol. The van der Waals surface area contributed by atoms with Crippen LogP contribution in [-0.4, -0.2) is 9.55 Å². The SMILES string of the molecule is CC(C)c1cc(C(C)C)c(-c2cc(Oc3[c-]c4c(cc3)c3ccccc3n4-c3cc(C(C)(C)C)ccn3)[c-]c(N3[CH-]N(c4c(-c5ccccc5)cccc4-c4ccc(F)cc4)c4ccccc43)c2)c(C(C)C)c1.[Pt]. The molecule has 5 nitrogen and oxygen atoms in total. The summed E-state index contributed by atoms with van der Waals surface area (Å²) in [5.74, 6) is 2.57. The van der Waals surface area contributed by atoms with E-state index in [9.17, 15) is 4.39 Å². The van der Waals surface area contributed by atoms with Gasteiger partial charge in [-0.1, -0.05) is 171 Å². The molecule has 0 saturated carbocycles. The summed E-state index contributed by atoms with van der Waals surface area (Å²) in [6.45, 7) is 22.6. The topological polar surface area (TPSA) is 33.5 Å². The van der Waals surface area contributed by atoms with Crippen molar-refractivity contribution in [2.24, 2.45) is 0 Å². The smallest absolute Gasteiger partial charge is 0.135 e. The minimum atomic E-state index is -0.273. The molecular formula is C67H60FN4OPt-3. The number of rotatable bonds is 11. The number of anilines is 4. The molecule has 0 aliphatic carbocycles. The second-order valence-electron chi connectivity index (χ2n) is 21.3. The first kappa shape index (κ1) is 50.3. The van der Waals surface area contributed by atoms with E-state index in [2.05, 4.69) is 229 Å². The minimum Gasteiger partial charge on any atom is -0.509 e. The Morgan fingerprint density at radius 2 is 1.20 bits per heavy atom. The summed E-state index contributed by atoms with van der Waals surface area (Å²) in [6.07, 6.45) is 1.90. The maximum Gasteiger partial charge on any atom is 0.135 e. The molecule has 10 aromatic rings. The zero-order chi connectivity index (χ0) is 50.7. The Hall–Kier alpha value is -7.27. The van der Waals surface area contributed by atoms with Crippen LogP contribution in [0, 0.1) is 24.6 Å². The van der Waals surface area contributed by atoms with Crippen LogP contribution in [0.4, 0.5) is 27.1 Å². The summed E-state index contributed by atoms with van der Waals surface area (Å²) in [6, 6.07) is 65.8. The van der Waals surface area contributed by atoms with E-state index in [1.54, 1.807) is 0 Å². The summed E-state index contributed by atoms with van der Waals surface area (Å²) in [7, 11) is 0. The normalized spacial score (nSPS) is 12.6. The molecule has 11 rings (SSSR count). The van der Waals surface area contributed by atoms with Crippen LogP contribution in [0.5, 0.6) is 11.5 Å². The zero-order valence-electron chi connectivity index (χ0n) is 43.4. The second kappa shape index (κ2) is 20.2. The summed E-state index contributed by atoms with van der Waals surface area (Å²) in [5.41, 5.74) is 17.1. The van der Waals surface area contributed by atoms with E-state index in [1.807, 2.05) is 30.5 Å². The van der Waals surface area contributed by atoms with E-state index < -0.39 is 0 Å². The van der Waals surface area contributed by atoms with Crippen molar-refractivity contribution in [2.45, 2.75) is 85.5 Å². The maximum absolute atomic E-state index is 14.5. The third kappa shape index (κ3) is 9.34. The number of hydrogen-bond donors (Lipinski definition) is 0. The van der Waals surface area contributed by atoms with Gasteiger partial charge in [0, 0.05) is 72.5 Å². The molecule has 0 saturated heterocycles. The summed E-state index contributed by atoms with van der Waals surface area (Å²) in [4.78, 5) is 9.44. The fraction of sp³-hybridized carbons (Fsp3) is 0.194. The third-order valence-electron chi connectivity index (χ3n) is 14.3. The molecule has 3 heterocycles. The number of fused-ring (bicyclic) bond motifs is 4. The molecule has 7 heteroatoms. The first-order valence-electron chi connectivity index (χ1n) is 25.5. The van der Waals surface area contributed by atoms with Crippen molar-refractivity contribution in [1.82, 2.24) is 9.55 Å². The Bertz CT molecular complexity index is 3650. The van der Waals surface area contributed by atoms with Crippen LogP contribution in [0.2, 0.25) is 0 Å². The molecule has 8 aromatic carbocycles. The van der Waals surface area contributed by atoms with Gasteiger partial charge in [0.1, 0.15) is 11.6 Å². The number of para-hydroxylation sites is 4. The predicted molar refractivity (Wildman–Crippen MR) is 301 cm³/mol. The van der Waals surface area contributed by atoms with E-state index in [1.165, 1.54) is 39.9 Å². The quantitative estimate of drug-likeness (QED) is 0.121. The average molecular weight is 1150 g/mol. The van der Waals surface area contributed by atoms with Gasteiger partial charge < -0.3 is 19.1 Å². The van der Waals surface area contributed by atoms with Gasteiger partial charge in [-0.2, -0.15) is 6.07 Å². The van der Waals surface area contributed by atoms with E-state index in [4.69, 9.17) is 9.72 Å². The van der Waals surface area contributed by atoms with E-state index >= 15 is 0 Å².